The lowest BCUT2D eigenvalue weighted by Crippen LogP contribution is -2.37. The van der Waals surface area contributed by atoms with Gasteiger partial charge in [0.1, 0.15) is 11.5 Å². The molecule has 1 amide bonds. The van der Waals surface area contributed by atoms with Crippen molar-refractivity contribution in [3.63, 3.8) is 0 Å². The molecule has 174 valence electrons. The Balaban J connectivity index is 1.68. The van der Waals surface area contributed by atoms with Crippen LogP contribution in [-0.4, -0.2) is 37.0 Å². The molecule has 2 aromatic rings. The third-order valence-electron chi connectivity index (χ3n) is 4.92. The normalized spacial score (nSPS) is 14.8. The van der Waals surface area contributed by atoms with Gasteiger partial charge in [-0.2, -0.15) is 26.3 Å². The summed E-state index contributed by atoms with van der Waals surface area (Å²) in [6.45, 7) is 0.176. The summed E-state index contributed by atoms with van der Waals surface area (Å²) in [7, 11) is -5.38. The molecule has 0 saturated carbocycles. The lowest BCUT2D eigenvalue weighted by atomic mass is 9.98. The van der Waals surface area contributed by atoms with Gasteiger partial charge in [0.2, 0.25) is 15.7 Å². The highest BCUT2D eigenvalue weighted by Crippen LogP contribution is 2.34. The van der Waals surface area contributed by atoms with Gasteiger partial charge in [0.25, 0.3) is 0 Å². The zero-order valence-electron chi connectivity index (χ0n) is 16.3. The van der Waals surface area contributed by atoms with E-state index in [4.69, 9.17) is 4.74 Å². The van der Waals surface area contributed by atoms with Crippen LogP contribution >= 0.6 is 0 Å². The SMILES string of the molecule is O=C(CCS(=O)(=O)C(F)(F)F)N1CCc2c(cccc2Oc2ccc(C(F)(F)F)cc2)C1. The van der Waals surface area contributed by atoms with Crippen molar-refractivity contribution in [3.05, 3.63) is 59.2 Å². The summed E-state index contributed by atoms with van der Waals surface area (Å²) < 4.78 is 103. The Hall–Kier alpha value is -2.76. The van der Waals surface area contributed by atoms with E-state index >= 15 is 0 Å². The largest absolute Gasteiger partial charge is 0.497 e. The second-order valence-electron chi connectivity index (χ2n) is 7.10. The number of carbonyl (C=O) groups is 1. The van der Waals surface area contributed by atoms with Crippen molar-refractivity contribution >= 4 is 15.7 Å². The number of hydrogen-bond acceptors (Lipinski definition) is 4. The molecule has 0 fully saturated rings. The molecule has 0 aliphatic carbocycles. The fraction of sp³-hybridized carbons (Fsp3) is 0.350. The Labute approximate surface area is 179 Å². The zero-order valence-corrected chi connectivity index (χ0v) is 17.1. The molecule has 2 aromatic carbocycles. The molecular formula is C20H17F6NO4S. The molecule has 0 bridgehead atoms. The lowest BCUT2D eigenvalue weighted by Gasteiger charge is -2.30. The summed E-state index contributed by atoms with van der Waals surface area (Å²) in [6, 6.07) is 9.05. The van der Waals surface area contributed by atoms with Gasteiger partial charge in [-0.25, -0.2) is 8.42 Å². The van der Waals surface area contributed by atoms with Crippen molar-refractivity contribution in [2.45, 2.75) is 31.1 Å². The fourth-order valence-electron chi connectivity index (χ4n) is 3.22. The molecule has 0 aromatic heterocycles. The molecule has 1 heterocycles. The van der Waals surface area contributed by atoms with Crippen LogP contribution in [0.3, 0.4) is 0 Å². The molecule has 0 saturated heterocycles. The van der Waals surface area contributed by atoms with Crippen molar-refractivity contribution in [3.8, 4) is 11.5 Å². The molecule has 0 N–H and O–H groups in total. The Kier molecular flexibility index (Phi) is 6.45. The molecule has 32 heavy (non-hydrogen) atoms. The number of carbonyl (C=O) groups excluding carboxylic acids is 1. The lowest BCUT2D eigenvalue weighted by molar-refractivity contribution is -0.137. The summed E-state index contributed by atoms with van der Waals surface area (Å²) in [5.41, 5.74) is -4.87. The van der Waals surface area contributed by atoms with Crippen molar-refractivity contribution in [2.75, 3.05) is 12.3 Å². The van der Waals surface area contributed by atoms with Crippen molar-refractivity contribution < 1.29 is 44.3 Å². The smallest absolute Gasteiger partial charge is 0.457 e. The predicted molar refractivity (Wildman–Crippen MR) is 102 cm³/mol. The van der Waals surface area contributed by atoms with Crippen LogP contribution in [0.25, 0.3) is 0 Å². The van der Waals surface area contributed by atoms with Gasteiger partial charge in [-0.3, -0.25) is 4.79 Å². The first kappa shape index (κ1) is 23.9. The number of halogens is 6. The summed E-state index contributed by atoms with van der Waals surface area (Å²) >= 11 is 0. The number of fused-ring (bicyclic) bond motifs is 1. The molecular weight excluding hydrogens is 464 g/mol. The van der Waals surface area contributed by atoms with Crippen LogP contribution in [-0.2, 0) is 33.8 Å². The van der Waals surface area contributed by atoms with Gasteiger partial charge in [-0.1, -0.05) is 12.1 Å². The first-order valence-corrected chi connectivity index (χ1v) is 11.0. The van der Waals surface area contributed by atoms with Crippen LogP contribution in [0.4, 0.5) is 26.3 Å². The van der Waals surface area contributed by atoms with E-state index in [0.29, 0.717) is 16.9 Å². The minimum Gasteiger partial charge on any atom is -0.457 e. The summed E-state index contributed by atoms with van der Waals surface area (Å²) in [4.78, 5) is 13.5. The maximum Gasteiger partial charge on any atom is 0.497 e. The molecule has 5 nitrogen and oxygen atoms in total. The van der Waals surface area contributed by atoms with Gasteiger partial charge in [-0.15, -0.1) is 0 Å². The number of alkyl halides is 6. The van der Waals surface area contributed by atoms with Crippen LogP contribution in [0, 0.1) is 0 Å². The van der Waals surface area contributed by atoms with Gasteiger partial charge < -0.3 is 9.64 Å². The summed E-state index contributed by atoms with van der Waals surface area (Å²) in [5.74, 6) is -1.48. The standard InChI is InChI=1S/C20H17F6NO4S/c21-19(22,23)14-4-6-15(7-5-14)31-17-3-1-2-13-12-27(10-8-16(13)17)18(28)9-11-32(29,30)20(24,25)26/h1-7H,8-12H2. The molecule has 0 radical (unpaired) electrons. The minimum atomic E-state index is -5.41. The predicted octanol–water partition coefficient (Wildman–Crippen LogP) is 4.71. The Morgan fingerprint density at radius 2 is 1.66 bits per heavy atom. The van der Waals surface area contributed by atoms with Crippen LogP contribution in [0.1, 0.15) is 23.1 Å². The van der Waals surface area contributed by atoms with E-state index in [-0.39, 0.29) is 25.3 Å². The number of amides is 1. The van der Waals surface area contributed by atoms with Gasteiger partial charge >= 0.3 is 11.7 Å². The van der Waals surface area contributed by atoms with Crippen molar-refractivity contribution in [2.24, 2.45) is 0 Å². The highest BCUT2D eigenvalue weighted by atomic mass is 32.2. The third kappa shape index (κ3) is 5.34. The van der Waals surface area contributed by atoms with E-state index in [1.54, 1.807) is 18.2 Å². The van der Waals surface area contributed by atoms with Gasteiger partial charge in [0, 0.05) is 25.1 Å². The Bertz CT molecular complexity index is 1090. The van der Waals surface area contributed by atoms with Crippen molar-refractivity contribution in [1.82, 2.24) is 4.90 Å². The second-order valence-corrected chi connectivity index (χ2v) is 9.20. The monoisotopic (exact) mass is 481 g/mol. The van der Waals surface area contributed by atoms with E-state index in [1.165, 1.54) is 17.0 Å². The first-order chi connectivity index (χ1) is 14.8. The van der Waals surface area contributed by atoms with E-state index in [0.717, 1.165) is 12.1 Å². The van der Waals surface area contributed by atoms with E-state index in [9.17, 15) is 39.6 Å². The van der Waals surface area contributed by atoms with Crippen LogP contribution < -0.4 is 4.74 Å². The molecule has 0 unspecified atom stereocenters. The number of hydrogen-bond donors (Lipinski definition) is 0. The van der Waals surface area contributed by atoms with Crippen LogP contribution in [0.2, 0.25) is 0 Å². The zero-order chi connectivity index (χ0) is 23.7. The quantitative estimate of drug-likeness (QED) is 0.581. The van der Waals surface area contributed by atoms with Crippen LogP contribution in [0.15, 0.2) is 42.5 Å². The fourth-order valence-corrected chi connectivity index (χ4v) is 3.89. The number of rotatable bonds is 5. The van der Waals surface area contributed by atoms with Gasteiger partial charge in [0.15, 0.2) is 0 Å². The van der Waals surface area contributed by atoms with Crippen LogP contribution in [0.5, 0.6) is 11.5 Å². The maximum atomic E-state index is 12.7. The molecule has 0 spiro atoms. The number of sulfone groups is 1. The van der Waals surface area contributed by atoms with E-state index in [1.807, 2.05) is 0 Å². The summed E-state index contributed by atoms with van der Waals surface area (Å²) in [6.07, 6.45) is -4.98. The number of nitrogens with zero attached hydrogens (tertiary/aromatic N) is 1. The Morgan fingerprint density at radius 1 is 1.00 bits per heavy atom. The summed E-state index contributed by atoms with van der Waals surface area (Å²) in [5, 5.41) is 0. The molecule has 0 atom stereocenters. The molecule has 3 rings (SSSR count). The van der Waals surface area contributed by atoms with Gasteiger partial charge in [-0.05, 0) is 42.3 Å². The molecule has 1 aliphatic rings. The molecule has 12 heteroatoms. The van der Waals surface area contributed by atoms with E-state index in [2.05, 4.69) is 0 Å². The minimum absolute atomic E-state index is 0.0461. The highest BCUT2D eigenvalue weighted by molar-refractivity contribution is 7.92. The highest BCUT2D eigenvalue weighted by Gasteiger charge is 2.45. The van der Waals surface area contributed by atoms with Crippen molar-refractivity contribution in [1.29, 1.82) is 0 Å². The first-order valence-electron chi connectivity index (χ1n) is 9.30. The molecule has 1 aliphatic heterocycles. The second kappa shape index (κ2) is 8.64. The topological polar surface area (TPSA) is 63.7 Å². The average molecular weight is 481 g/mol. The average Bonchev–Trinajstić information content (AvgIpc) is 2.71. The van der Waals surface area contributed by atoms with E-state index < -0.39 is 45.2 Å². The number of benzene rings is 2. The maximum absolute atomic E-state index is 12.7. The van der Waals surface area contributed by atoms with Gasteiger partial charge in [0.05, 0.1) is 11.3 Å². The third-order valence-corrected chi connectivity index (χ3v) is 6.37. The Morgan fingerprint density at radius 3 is 2.25 bits per heavy atom. The number of ether oxygens (including phenoxy) is 1.